The van der Waals surface area contributed by atoms with E-state index in [4.69, 9.17) is 0 Å². The summed E-state index contributed by atoms with van der Waals surface area (Å²) >= 11 is 0. The molecule has 0 aromatic carbocycles. The number of nitrogens with one attached hydrogen (secondary N) is 2. The third-order valence-electron chi connectivity index (χ3n) is 4.60. The molecular formula is C17H23N5O2. The van der Waals surface area contributed by atoms with E-state index in [-0.39, 0.29) is 17.5 Å². The zero-order chi connectivity index (χ0) is 17.1. The van der Waals surface area contributed by atoms with E-state index in [9.17, 15) is 9.59 Å². The van der Waals surface area contributed by atoms with Gasteiger partial charge >= 0.3 is 0 Å². The minimum absolute atomic E-state index is 0.263. The number of amides is 1. The average Bonchev–Trinajstić information content (AvgIpc) is 3.24. The van der Waals surface area contributed by atoms with Crippen molar-refractivity contribution in [2.45, 2.75) is 58.0 Å². The molecule has 2 aromatic heterocycles. The second-order valence-electron chi connectivity index (χ2n) is 6.34. The van der Waals surface area contributed by atoms with Crippen molar-refractivity contribution in [3.8, 4) is 0 Å². The Hall–Kier alpha value is -2.44. The predicted molar refractivity (Wildman–Crippen MR) is 89.8 cm³/mol. The number of aromatic nitrogens is 4. The molecule has 1 aliphatic carbocycles. The third-order valence-corrected chi connectivity index (χ3v) is 4.60. The Balaban J connectivity index is 1.76. The van der Waals surface area contributed by atoms with Crippen LogP contribution in [0.2, 0.25) is 0 Å². The summed E-state index contributed by atoms with van der Waals surface area (Å²) in [5.74, 6) is 0.486. The minimum atomic E-state index is -0.274. The van der Waals surface area contributed by atoms with Crippen molar-refractivity contribution < 1.29 is 4.79 Å². The molecule has 2 aromatic rings. The number of nitrogens with zero attached hydrogens (tertiary/aromatic N) is 3. The molecule has 0 radical (unpaired) electrons. The molecular weight excluding hydrogens is 306 g/mol. The Kier molecular flexibility index (Phi) is 4.78. The zero-order valence-corrected chi connectivity index (χ0v) is 14.1. The molecule has 128 valence electrons. The van der Waals surface area contributed by atoms with Gasteiger partial charge in [-0.15, -0.1) is 10.2 Å². The lowest BCUT2D eigenvalue weighted by Crippen LogP contribution is -2.30. The number of H-pyrrole nitrogens is 1. The van der Waals surface area contributed by atoms with Gasteiger partial charge in [-0.2, -0.15) is 0 Å². The van der Waals surface area contributed by atoms with E-state index < -0.39 is 0 Å². The summed E-state index contributed by atoms with van der Waals surface area (Å²) in [5.41, 5.74) is 0.852. The van der Waals surface area contributed by atoms with E-state index >= 15 is 0 Å². The summed E-state index contributed by atoms with van der Waals surface area (Å²) in [6.45, 7) is 3.82. The lowest BCUT2D eigenvalue weighted by molar-refractivity contribution is 0.0937. The van der Waals surface area contributed by atoms with Crippen molar-refractivity contribution in [3.63, 3.8) is 0 Å². The molecule has 1 saturated carbocycles. The summed E-state index contributed by atoms with van der Waals surface area (Å²) in [4.78, 5) is 26.9. The molecule has 7 nitrogen and oxygen atoms in total. The molecule has 0 bridgehead atoms. The maximum absolute atomic E-state index is 12.5. The van der Waals surface area contributed by atoms with Crippen LogP contribution >= 0.6 is 0 Å². The third kappa shape index (κ3) is 3.39. The van der Waals surface area contributed by atoms with Gasteiger partial charge in [0.2, 0.25) is 5.56 Å². The average molecular weight is 329 g/mol. The number of aryl methyl sites for hydroxylation is 1. The van der Waals surface area contributed by atoms with E-state index in [2.05, 4.69) is 25.1 Å². The summed E-state index contributed by atoms with van der Waals surface area (Å²) in [5, 5.41) is 11.1. The van der Waals surface area contributed by atoms with Gasteiger partial charge in [-0.05, 0) is 32.3 Å². The standard InChI is InChI=1S/C17H23N5O2/c1-3-13-8-12(9-15(23)20-13)17(24)19-11(2)16-21-18-10-22(16)14-6-4-5-7-14/h8-11,14H,3-7H2,1-2H3,(H,19,24)(H,20,23)/t11-/m1/s1. The van der Waals surface area contributed by atoms with Gasteiger partial charge in [0.05, 0.1) is 6.04 Å². The fraction of sp³-hybridized carbons (Fsp3) is 0.529. The van der Waals surface area contributed by atoms with Crippen LogP contribution in [0.3, 0.4) is 0 Å². The topological polar surface area (TPSA) is 92.7 Å². The maximum atomic E-state index is 12.5. The lowest BCUT2D eigenvalue weighted by atomic mass is 10.1. The summed E-state index contributed by atoms with van der Waals surface area (Å²) < 4.78 is 2.08. The van der Waals surface area contributed by atoms with Gasteiger partial charge in [0.15, 0.2) is 5.82 Å². The van der Waals surface area contributed by atoms with Crippen molar-refractivity contribution in [3.05, 3.63) is 45.9 Å². The van der Waals surface area contributed by atoms with E-state index in [1.54, 1.807) is 12.4 Å². The Morgan fingerprint density at radius 2 is 2.17 bits per heavy atom. The fourth-order valence-electron chi connectivity index (χ4n) is 3.29. The molecule has 0 unspecified atom stereocenters. The van der Waals surface area contributed by atoms with Gasteiger partial charge in [-0.25, -0.2) is 0 Å². The molecule has 1 fully saturated rings. The maximum Gasteiger partial charge on any atom is 0.252 e. The van der Waals surface area contributed by atoms with Gasteiger partial charge in [-0.3, -0.25) is 9.59 Å². The van der Waals surface area contributed by atoms with E-state index in [1.807, 2.05) is 13.8 Å². The van der Waals surface area contributed by atoms with Crippen LogP contribution < -0.4 is 10.9 Å². The van der Waals surface area contributed by atoms with Gasteiger partial charge in [0.25, 0.3) is 5.91 Å². The second-order valence-corrected chi connectivity index (χ2v) is 6.34. The molecule has 0 saturated heterocycles. The van der Waals surface area contributed by atoms with Crippen molar-refractivity contribution in [1.29, 1.82) is 0 Å². The second kappa shape index (κ2) is 6.98. The predicted octanol–water partition coefficient (Wildman–Crippen LogP) is 2.13. The smallest absolute Gasteiger partial charge is 0.252 e. The molecule has 0 aliphatic heterocycles. The number of carbonyl (C=O) groups is 1. The Bertz CT molecular complexity index is 773. The minimum Gasteiger partial charge on any atom is -0.342 e. The van der Waals surface area contributed by atoms with Crippen LogP contribution in [0.5, 0.6) is 0 Å². The summed E-state index contributed by atoms with van der Waals surface area (Å²) in [6.07, 6.45) is 7.10. The normalized spacial score (nSPS) is 16.2. The molecule has 1 amide bonds. The first-order chi connectivity index (χ1) is 11.6. The molecule has 1 aliphatic rings. The van der Waals surface area contributed by atoms with Crippen molar-refractivity contribution in [1.82, 2.24) is 25.1 Å². The van der Waals surface area contributed by atoms with E-state index in [0.29, 0.717) is 18.0 Å². The Labute approximate surface area is 140 Å². The Morgan fingerprint density at radius 1 is 1.42 bits per heavy atom. The number of aromatic amines is 1. The van der Waals surface area contributed by atoms with Crippen molar-refractivity contribution in [2.75, 3.05) is 0 Å². The summed E-state index contributed by atoms with van der Waals surface area (Å²) in [7, 11) is 0. The number of carbonyl (C=O) groups excluding carboxylic acids is 1. The van der Waals surface area contributed by atoms with Crippen molar-refractivity contribution >= 4 is 5.91 Å². The van der Waals surface area contributed by atoms with Crippen LogP contribution in [0.1, 0.15) is 73.5 Å². The van der Waals surface area contributed by atoms with Crippen LogP contribution in [0.15, 0.2) is 23.3 Å². The van der Waals surface area contributed by atoms with Gasteiger partial charge in [0.1, 0.15) is 6.33 Å². The number of hydrogen-bond donors (Lipinski definition) is 2. The molecule has 7 heteroatoms. The highest BCUT2D eigenvalue weighted by molar-refractivity contribution is 5.94. The molecule has 24 heavy (non-hydrogen) atoms. The highest BCUT2D eigenvalue weighted by atomic mass is 16.2. The Morgan fingerprint density at radius 3 is 2.88 bits per heavy atom. The van der Waals surface area contributed by atoms with Crippen LogP contribution in [0, 0.1) is 0 Å². The SMILES string of the molecule is CCc1cc(C(=O)N[C@H](C)c2nncn2C2CCCC2)cc(=O)[nH]1. The highest BCUT2D eigenvalue weighted by Crippen LogP contribution is 2.31. The van der Waals surface area contributed by atoms with Gasteiger partial charge in [0, 0.05) is 23.4 Å². The van der Waals surface area contributed by atoms with Gasteiger partial charge in [-0.1, -0.05) is 19.8 Å². The first-order valence-corrected chi connectivity index (χ1v) is 8.52. The number of rotatable bonds is 5. The van der Waals surface area contributed by atoms with Crippen molar-refractivity contribution in [2.24, 2.45) is 0 Å². The van der Waals surface area contributed by atoms with Gasteiger partial charge < -0.3 is 14.9 Å². The summed E-state index contributed by atoms with van der Waals surface area (Å²) in [6, 6.07) is 3.18. The molecule has 0 spiro atoms. The van der Waals surface area contributed by atoms with Crippen LogP contribution in [-0.4, -0.2) is 25.7 Å². The fourth-order valence-corrected chi connectivity index (χ4v) is 3.29. The van der Waals surface area contributed by atoms with E-state index in [0.717, 1.165) is 24.4 Å². The molecule has 2 N–H and O–H groups in total. The number of pyridine rings is 1. The largest absolute Gasteiger partial charge is 0.342 e. The first-order valence-electron chi connectivity index (χ1n) is 8.52. The first kappa shape index (κ1) is 16.4. The monoisotopic (exact) mass is 329 g/mol. The lowest BCUT2D eigenvalue weighted by Gasteiger charge is -2.18. The van der Waals surface area contributed by atoms with Crippen LogP contribution in [0.4, 0.5) is 0 Å². The van der Waals surface area contributed by atoms with Crippen LogP contribution in [-0.2, 0) is 6.42 Å². The molecule has 3 rings (SSSR count). The highest BCUT2D eigenvalue weighted by Gasteiger charge is 2.23. The van der Waals surface area contributed by atoms with Crippen LogP contribution in [0.25, 0.3) is 0 Å². The molecule has 1 atom stereocenters. The molecule has 2 heterocycles. The zero-order valence-electron chi connectivity index (χ0n) is 14.1. The number of hydrogen-bond acceptors (Lipinski definition) is 4. The quantitative estimate of drug-likeness (QED) is 0.879. The van der Waals surface area contributed by atoms with E-state index in [1.165, 1.54) is 18.9 Å².